The predicted molar refractivity (Wildman–Crippen MR) is 414 cm³/mol. The van der Waals surface area contributed by atoms with Gasteiger partial charge < -0.3 is 54.8 Å². The zero-order chi connectivity index (χ0) is 74.6. The molecule has 23 nitrogen and oxygen atoms in total. The maximum absolute atomic E-state index is 12.5. The fraction of sp³-hybridized carbons (Fsp3) is 0.473. The Balaban J connectivity index is 0.000000203. The first-order chi connectivity index (χ1) is 47.7. The smallest absolute Gasteiger partial charge is 0.870 e. The summed E-state index contributed by atoms with van der Waals surface area (Å²) >= 11 is 4.76. The number of benzene rings is 3. The largest absolute Gasteiger partial charge is 1.00 e. The van der Waals surface area contributed by atoms with Gasteiger partial charge in [0.15, 0.2) is 14.9 Å². The number of phenolic OH excluding ortho intramolecular Hbond substituents is 1. The van der Waals surface area contributed by atoms with E-state index in [0.717, 1.165) is 106 Å². The van der Waals surface area contributed by atoms with Gasteiger partial charge in [0.05, 0.1) is 78.7 Å². The van der Waals surface area contributed by atoms with Crippen molar-refractivity contribution in [2.45, 2.75) is 213 Å². The summed E-state index contributed by atoms with van der Waals surface area (Å²) < 4.78 is 37.5. The first kappa shape index (κ1) is 83.7. The molecule has 9 aromatic rings. The van der Waals surface area contributed by atoms with Gasteiger partial charge in [0.2, 0.25) is 28.4 Å². The van der Waals surface area contributed by atoms with Gasteiger partial charge in [0, 0.05) is 74.2 Å². The number of fused-ring (bicyclic) bond motifs is 9. The van der Waals surface area contributed by atoms with Crippen molar-refractivity contribution in [3.63, 3.8) is 0 Å². The zero-order valence-corrected chi connectivity index (χ0v) is 68.8. The van der Waals surface area contributed by atoms with Crippen LogP contribution in [-0.2, 0) is 61.9 Å². The van der Waals surface area contributed by atoms with Crippen LogP contribution in [0.1, 0.15) is 156 Å². The number of aliphatic carboxylic acids is 1. The number of esters is 2. The molecule has 0 atom stereocenters. The number of carbonyl (C=O) groups excluding carboxylic acids is 5. The van der Waals surface area contributed by atoms with Crippen LogP contribution in [0.3, 0.4) is 0 Å². The maximum atomic E-state index is 12.5. The molecule has 0 unspecified atom stereocenters. The number of amides is 2. The molecule has 12 rings (SSSR count). The molecule has 7 N–H and O–H groups in total. The molecule has 6 heterocycles. The van der Waals surface area contributed by atoms with Crippen LogP contribution >= 0.6 is 34.0 Å². The van der Waals surface area contributed by atoms with E-state index in [-0.39, 0.29) is 81.3 Å². The second kappa shape index (κ2) is 33.9. The summed E-state index contributed by atoms with van der Waals surface area (Å²) in [4.78, 5) is 87.6. The first-order valence-corrected chi connectivity index (χ1v) is 45.8. The molecule has 0 radical (unpaired) electrons. The number of nitrogens with one attached hydrogen (secondary N) is 2. The standard InChI is InChI=1S/C25H33N3O4SSi.C24H38N2O3SSi2.C18H17N3O4S.C7H11NO2.Li.H2O/c1-25(2,3)34(5,6)32-17-11-12-20-21(14-17)33-24-26-16(15-28(20)24)10-13-22(29)27-19-9-7-8-18(19)23(30)31-4;1-23(2,3)31(7,8)28-18-12-13-19-20(15-18)30-22-25-17(16-26(19)22)11-14-21(27)29-32(9,10)24(4,5)6;22-11-5-6-14-15(8-11)26-18-19-10(9-21(14)18)4-7-16(23)20-13-3-1-2-12(13)17(24)25;1-10-7(9)5-3-2-4-6(5)8;;/h11-12,14-15H,7-10,13H2,1-6H3,(H,27,29);12-13,15-16H,11,14H2,1-10H3;5-6,8-9,22H,1-4,7H2,(H,20,23)(H,24,25);2-4,8H2,1H3;;1H2/q;;;;+1;/p-1. The Bertz CT molecular complexity index is 4770. The molecule has 0 saturated carbocycles. The molecule has 0 saturated heterocycles. The minimum atomic E-state index is -2.08. The number of hydrogen-bond donors (Lipinski definition) is 5. The van der Waals surface area contributed by atoms with Crippen molar-refractivity contribution in [2.24, 2.45) is 5.73 Å². The number of aromatic hydroxyl groups is 1. The van der Waals surface area contributed by atoms with Crippen molar-refractivity contribution in [1.29, 1.82) is 0 Å². The van der Waals surface area contributed by atoms with Gasteiger partial charge in [0.25, 0.3) is 14.3 Å². The van der Waals surface area contributed by atoms with E-state index in [2.05, 4.69) is 161 Å². The van der Waals surface area contributed by atoms with Crippen LogP contribution in [0.2, 0.25) is 54.4 Å². The van der Waals surface area contributed by atoms with Crippen molar-refractivity contribution >= 4 is 140 Å². The van der Waals surface area contributed by atoms with Crippen molar-refractivity contribution in [3.05, 3.63) is 124 Å². The van der Waals surface area contributed by atoms with Gasteiger partial charge in [-0.05, 0) is 167 Å². The molecule has 6 aromatic heterocycles. The number of allylic oxidation sites excluding steroid dienone is 3. The number of thiazole rings is 3. The summed E-state index contributed by atoms with van der Waals surface area (Å²) in [6.07, 6.45) is 15.1. The van der Waals surface area contributed by atoms with E-state index in [0.29, 0.717) is 91.6 Å². The molecule has 0 aliphatic heterocycles. The van der Waals surface area contributed by atoms with Crippen LogP contribution in [0.5, 0.6) is 17.2 Å². The normalized spacial score (nSPS) is 14.4. The number of carboxylic acids is 1. The predicted octanol–water partition coefficient (Wildman–Crippen LogP) is 13.2. The van der Waals surface area contributed by atoms with E-state index in [9.17, 15) is 33.9 Å². The molecule has 2 amide bonds. The Morgan fingerprint density at radius 1 is 0.519 bits per heavy atom. The monoisotopic (exact) mass is 1530 g/mol. The number of rotatable bonds is 19. The van der Waals surface area contributed by atoms with E-state index in [1.165, 1.54) is 25.6 Å². The van der Waals surface area contributed by atoms with Gasteiger partial charge in [-0.2, -0.15) is 0 Å². The minimum Gasteiger partial charge on any atom is -0.870 e. The molecular formula is C74H100LiN9O14S3Si3. The summed E-state index contributed by atoms with van der Waals surface area (Å²) in [7, 11) is -3.11. The van der Waals surface area contributed by atoms with Crippen LogP contribution in [0.4, 0.5) is 0 Å². The SMILES string of the molecule is CC(C)(C)[Si](C)(C)OC(=O)CCc1cn2c(n1)sc1cc(O[Si](C)(C)C(C)(C)C)ccc12.COC(=O)C1=C(N)CCC1.COC(=O)C1=C(NC(=O)CCc2cn3c(n2)sc2cc(O[Si](C)(C)C(C)(C)C)ccc23)CCC1.O=C(CCc1cn2c(n1)sc1cc(O)ccc12)NC1=C(C(=O)O)CCC1.[Li+].[OH-]. The number of aromatic nitrogens is 6. The second-order valence-electron chi connectivity index (χ2n) is 30.7. The Hall–Kier alpha value is -7.60. The number of carboxylic acid groups (broad SMARTS) is 1. The van der Waals surface area contributed by atoms with E-state index >= 15 is 0 Å². The van der Waals surface area contributed by atoms with Crippen LogP contribution < -0.4 is 44.1 Å². The number of imidazole rings is 3. The number of hydrogen-bond acceptors (Lipinski definition) is 20. The Morgan fingerprint density at radius 3 is 1.28 bits per heavy atom. The van der Waals surface area contributed by atoms with Crippen molar-refractivity contribution in [3.8, 4) is 17.2 Å². The molecular weight excluding hydrogens is 1430 g/mol. The molecule has 3 aliphatic rings. The average Bonchev–Trinajstić information content (AvgIpc) is 1.65. The van der Waals surface area contributed by atoms with Crippen LogP contribution in [0.15, 0.2) is 107 Å². The molecule has 0 spiro atoms. The third-order valence-corrected chi connectivity index (χ3v) is 36.2. The number of aryl methyl sites for hydroxylation is 3. The van der Waals surface area contributed by atoms with Gasteiger partial charge in [-0.15, -0.1) is 0 Å². The number of methoxy groups -OCH3 is 2. The Morgan fingerprint density at radius 2 is 0.885 bits per heavy atom. The zero-order valence-electron chi connectivity index (χ0n) is 63.4. The fourth-order valence-corrected chi connectivity index (χ4v) is 17.3. The van der Waals surface area contributed by atoms with E-state index in [1.807, 2.05) is 35.1 Å². The van der Waals surface area contributed by atoms with Gasteiger partial charge in [-0.25, -0.2) is 29.3 Å². The molecule has 556 valence electrons. The summed E-state index contributed by atoms with van der Waals surface area (Å²) in [5.41, 5.74) is 14.8. The van der Waals surface area contributed by atoms with Gasteiger partial charge in [0.1, 0.15) is 17.2 Å². The number of nitrogens with two attached hydrogens (primary N) is 1. The van der Waals surface area contributed by atoms with Crippen LogP contribution in [0.25, 0.3) is 45.5 Å². The second-order valence-corrected chi connectivity index (χ2v) is 47.9. The van der Waals surface area contributed by atoms with Crippen LogP contribution in [0, 0.1) is 0 Å². The molecule has 30 heteroatoms. The molecule has 0 fully saturated rings. The van der Waals surface area contributed by atoms with E-state index in [4.69, 9.17) is 38.8 Å². The van der Waals surface area contributed by atoms with E-state index < -0.39 is 30.9 Å². The van der Waals surface area contributed by atoms with Crippen molar-refractivity contribution < 1.29 is 86.1 Å². The fourth-order valence-electron chi connectivity index (χ4n) is 11.1. The third-order valence-electron chi connectivity index (χ3n) is 20.1. The molecule has 3 aromatic carbocycles. The summed E-state index contributed by atoms with van der Waals surface area (Å²) in [5, 5.41) is 24.7. The molecule has 0 bridgehead atoms. The maximum Gasteiger partial charge on any atom is 1.00 e. The van der Waals surface area contributed by atoms with Gasteiger partial charge >= 0.3 is 36.8 Å². The average molecular weight is 1530 g/mol. The Labute approximate surface area is 634 Å². The summed E-state index contributed by atoms with van der Waals surface area (Å²) in [6, 6.07) is 17.7. The van der Waals surface area contributed by atoms with Crippen LogP contribution in [-0.4, -0.2) is 119 Å². The summed E-state index contributed by atoms with van der Waals surface area (Å²) in [6.45, 7) is 33.1. The minimum absolute atomic E-state index is 0. The first-order valence-electron chi connectivity index (χ1n) is 34.7. The number of carbonyl (C=O) groups is 6. The Kier molecular flexibility index (Phi) is 27.3. The third kappa shape index (κ3) is 20.1. The quantitative estimate of drug-likeness (QED) is 0.0371. The van der Waals surface area contributed by atoms with E-state index in [1.54, 1.807) is 34.8 Å². The number of phenols is 1. The molecule has 3 aliphatic carbocycles. The topological polar surface area (TPSA) is 321 Å². The van der Waals surface area contributed by atoms with Gasteiger partial charge in [-0.1, -0.05) is 96.3 Å². The summed E-state index contributed by atoms with van der Waals surface area (Å²) in [5.74, 6) is 0.0759. The van der Waals surface area contributed by atoms with Gasteiger partial charge in [-0.3, -0.25) is 27.6 Å². The number of ether oxygens (including phenoxy) is 2. The number of nitrogens with zero attached hydrogens (tertiary/aromatic N) is 6. The van der Waals surface area contributed by atoms with Crippen molar-refractivity contribution in [2.75, 3.05) is 14.2 Å². The van der Waals surface area contributed by atoms with Crippen molar-refractivity contribution in [1.82, 2.24) is 38.8 Å². The molecule has 104 heavy (non-hydrogen) atoms.